The zero-order chi connectivity index (χ0) is 48.2. The number of hydrogen-bond donors (Lipinski definition) is 8. The zero-order valence-electron chi connectivity index (χ0n) is 35.3. The molecule has 20 nitrogen and oxygen atoms in total. The van der Waals surface area contributed by atoms with E-state index >= 15 is 0 Å². The molecule has 0 spiro atoms. The van der Waals surface area contributed by atoms with Crippen molar-refractivity contribution in [1.82, 2.24) is 21.3 Å². The number of amides is 3. The fourth-order valence-corrected chi connectivity index (χ4v) is 6.87. The number of carbonyl (C=O) groups excluding carboxylic acids is 6. The maximum Gasteiger partial charge on any atom is 0.326 e. The van der Waals surface area contributed by atoms with Crippen LogP contribution in [-0.2, 0) is 43.0 Å². The molecule has 3 amide bonds. The normalized spacial score (nSPS) is 12.2. The Labute approximate surface area is 380 Å². The Bertz CT molecular complexity index is 2430. The van der Waals surface area contributed by atoms with Crippen molar-refractivity contribution in [3.63, 3.8) is 0 Å². The van der Waals surface area contributed by atoms with Crippen molar-refractivity contribution in [2.24, 2.45) is 0 Å². The third-order valence-corrected chi connectivity index (χ3v) is 10.2. The standard InChI is InChI=1S/C44H48FN5O15S/c45-33-21-32-37(22-35(33)56)65-36-20-29(55)9-12-31(36)41(32)25-5-7-26(8-6-25)48-44(66)47-18-2-4-28(54)19-30(63-23-51)11-14-38(57)46-17-1-3-27(53)10-13-34(42(60)61)49-43(62)50-39(64-24-52)15-16-40(58)59/h5-9,12,20-24,30,34,39,56H,1-4,10-11,13-19H2,(H,46,57)(H,58,59)(H,60,61)(H2,47,48,66)(H2,49,50,62)/t30-,34+,39-/m1/s1. The number of rotatable bonds is 28. The van der Waals surface area contributed by atoms with E-state index in [1.165, 1.54) is 18.2 Å². The first-order valence-electron chi connectivity index (χ1n) is 20.6. The Hall–Kier alpha value is -7.49. The summed E-state index contributed by atoms with van der Waals surface area (Å²) in [6, 6.07) is 11.1. The van der Waals surface area contributed by atoms with Crippen LogP contribution in [0.15, 0.2) is 63.8 Å². The predicted molar refractivity (Wildman–Crippen MR) is 237 cm³/mol. The van der Waals surface area contributed by atoms with Crippen molar-refractivity contribution in [3.8, 4) is 28.2 Å². The van der Waals surface area contributed by atoms with Gasteiger partial charge in [0.05, 0.1) is 6.42 Å². The van der Waals surface area contributed by atoms with Gasteiger partial charge >= 0.3 is 18.0 Å². The summed E-state index contributed by atoms with van der Waals surface area (Å²) in [5, 5.41) is 41.8. The summed E-state index contributed by atoms with van der Waals surface area (Å²) in [4.78, 5) is 106. The molecular formula is C44H48FN5O15S. The molecule has 0 saturated heterocycles. The molecule has 4 rings (SSSR count). The maximum absolute atomic E-state index is 14.4. The van der Waals surface area contributed by atoms with E-state index in [0.717, 1.165) is 6.07 Å². The Morgan fingerprint density at radius 3 is 2.17 bits per heavy atom. The lowest BCUT2D eigenvalue weighted by Crippen LogP contribution is -2.49. The van der Waals surface area contributed by atoms with Gasteiger partial charge in [-0.1, -0.05) is 12.1 Å². The van der Waals surface area contributed by atoms with E-state index in [0.29, 0.717) is 40.7 Å². The van der Waals surface area contributed by atoms with Crippen LogP contribution in [0.3, 0.4) is 0 Å². The number of carboxylic acids is 2. The number of ether oxygens (including phenoxy) is 2. The summed E-state index contributed by atoms with van der Waals surface area (Å²) in [7, 11) is 0. The Balaban J connectivity index is 1.12. The largest absolute Gasteiger partial charge is 0.505 e. The van der Waals surface area contributed by atoms with Crippen molar-refractivity contribution < 1.29 is 72.0 Å². The van der Waals surface area contributed by atoms with Crippen LogP contribution in [0.1, 0.15) is 70.6 Å². The molecule has 66 heavy (non-hydrogen) atoms. The quantitative estimate of drug-likeness (QED) is 0.0131. The van der Waals surface area contributed by atoms with E-state index in [-0.39, 0.29) is 111 Å². The minimum absolute atomic E-state index is 0.000292. The second-order valence-electron chi connectivity index (χ2n) is 14.8. The molecule has 0 aromatic heterocycles. The van der Waals surface area contributed by atoms with E-state index in [4.69, 9.17) is 26.5 Å². The highest BCUT2D eigenvalue weighted by Gasteiger charge is 2.24. The van der Waals surface area contributed by atoms with E-state index in [1.54, 1.807) is 30.3 Å². The first-order valence-corrected chi connectivity index (χ1v) is 21.0. The molecule has 0 unspecified atom stereocenters. The minimum Gasteiger partial charge on any atom is -0.505 e. The lowest BCUT2D eigenvalue weighted by atomic mass is 9.93. The van der Waals surface area contributed by atoms with Gasteiger partial charge in [0.1, 0.15) is 35.1 Å². The van der Waals surface area contributed by atoms with Crippen molar-refractivity contribution >= 4 is 82.4 Å². The second-order valence-corrected chi connectivity index (χ2v) is 15.2. The van der Waals surface area contributed by atoms with Gasteiger partial charge in [-0.05, 0) is 73.8 Å². The maximum atomic E-state index is 14.4. The number of aliphatic carboxylic acids is 2. The van der Waals surface area contributed by atoms with Crippen LogP contribution in [0.4, 0.5) is 14.9 Å². The first kappa shape index (κ1) is 51.1. The van der Waals surface area contributed by atoms with Crippen LogP contribution in [0.5, 0.6) is 5.75 Å². The van der Waals surface area contributed by atoms with Gasteiger partial charge in [0.2, 0.25) is 5.91 Å². The molecule has 352 valence electrons. The third kappa shape index (κ3) is 16.6. The van der Waals surface area contributed by atoms with E-state index in [1.807, 2.05) is 0 Å². The van der Waals surface area contributed by atoms with Crippen LogP contribution in [-0.4, -0.2) is 100 Å². The number of hydrogen-bond acceptors (Lipinski definition) is 14. The molecule has 1 heterocycles. The number of phenolic OH excluding ortho intramolecular Hbond substituents is 1. The summed E-state index contributed by atoms with van der Waals surface area (Å²) in [6.45, 7) is 0.637. The number of halogens is 1. The number of nitrogens with one attached hydrogen (secondary N) is 5. The first-order chi connectivity index (χ1) is 31.6. The molecule has 22 heteroatoms. The number of ketones is 2. The van der Waals surface area contributed by atoms with Gasteiger partial charge in [-0.15, -0.1) is 0 Å². The van der Waals surface area contributed by atoms with Gasteiger partial charge in [-0.25, -0.2) is 14.0 Å². The Morgan fingerprint density at radius 1 is 0.788 bits per heavy atom. The van der Waals surface area contributed by atoms with E-state index in [2.05, 4.69) is 31.3 Å². The number of fused-ring (bicyclic) bond motifs is 2. The summed E-state index contributed by atoms with van der Waals surface area (Å²) in [5.74, 6) is -4.76. The number of carbonyl (C=O) groups is 8. The summed E-state index contributed by atoms with van der Waals surface area (Å²) in [6.07, 6.45) is -2.76. The molecule has 2 aliphatic rings. The average Bonchev–Trinajstić information content (AvgIpc) is 3.26. The summed E-state index contributed by atoms with van der Waals surface area (Å²) < 4.78 is 29.9. The molecule has 1 aliphatic carbocycles. The zero-order valence-corrected chi connectivity index (χ0v) is 36.1. The van der Waals surface area contributed by atoms with E-state index in [9.17, 15) is 57.8 Å². The fraction of sp³-hybridized carbons (Fsp3) is 0.364. The Morgan fingerprint density at radius 2 is 1.48 bits per heavy atom. The highest BCUT2D eigenvalue weighted by atomic mass is 32.1. The topological polar surface area (TPSA) is 306 Å². The molecule has 8 N–H and O–H groups in total. The number of aromatic hydroxyl groups is 1. The molecule has 2 aromatic rings. The van der Waals surface area contributed by atoms with Gasteiger partial charge in [0.15, 0.2) is 28.3 Å². The van der Waals surface area contributed by atoms with Gasteiger partial charge in [-0.3, -0.25) is 33.6 Å². The summed E-state index contributed by atoms with van der Waals surface area (Å²) in [5.41, 5.74) is 2.38. The van der Waals surface area contributed by atoms with Crippen molar-refractivity contribution in [2.45, 2.75) is 89.0 Å². The second kappa shape index (κ2) is 25.7. The van der Waals surface area contributed by atoms with Gasteiger partial charge in [-0.2, -0.15) is 0 Å². The van der Waals surface area contributed by atoms with Gasteiger partial charge < -0.3 is 55.8 Å². The lowest BCUT2D eigenvalue weighted by Gasteiger charge is -2.19. The molecule has 0 bridgehead atoms. The Kier molecular flexibility index (Phi) is 19.9. The number of thiocarbonyl (C=S) groups is 1. The van der Waals surface area contributed by atoms with Gasteiger partial charge in [0, 0.05) is 85.9 Å². The lowest BCUT2D eigenvalue weighted by molar-refractivity contribution is -0.141. The van der Waals surface area contributed by atoms with Crippen LogP contribution >= 0.6 is 12.2 Å². The molecule has 0 saturated carbocycles. The smallest absolute Gasteiger partial charge is 0.326 e. The molecule has 1 aliphatic heterocycles. The van der Waals surface area contributed by atoms with Crippen molar-refractivity contribution in [1.29, 1.82) is 0 Å². The number of Topliss-reactive ketones (excluding diaryl/α,β-unsaturated/α-hetero) is 2. The van der Waals surface area contributed by atoms with Crippen molar-refractivity contribution in [2.75, 3.05) is 18.4 Å². The number of urea groups is 1. The van der Waals surface area contributed by atoms with Crippen molar-refractivity contribution in [3.05, 3.63) is 70.6 Å². The van der Waals surface area contributed by atoms with Crippen LogP contribution in [0, 0.1) is 5.82 Å². The predicted octanol–water partition coefficient (Wildman–Crippen LogP) is 4.12. The minimum atomic E-state index is -1.48. The number of phenols is 1. The molecule has 0 fully saturated rings. The highest BCUT2D eigenvalue weighted by Crippen LogP contribution is 2.41. The van der Waals surface area contributed by atoms with Crippen LogP contribution in [0.25, 0.3) is 33.4 Å². The molecule has 0 radical (unpaired) electrons. The van der Waals surface area contributed by atoms with E-state index < -0.39 is 60.2 Å². The molecular weight excluding hydrogens is 890 g/mol. The van der Waals surface area contributed by atoms with Gasteiger partial charge in [0.25, 0.3) is 12.9 Å². The molecule has 2 aromatic carbocycles. The fourth-order valence-electron chi connectivity index (χ4n) is 6.65. The number of benzene rings is 3. The average molecular weight is 938 g/mol. The molecule has 3 atom stereocenters. The van der Waals surface area contributed by atoms with Crippen LogP contribution in [0.2, 0.25) is 0 Å². The highest BCUT2D eigenvalue weighted by molar-refractivity contribution is 7.80. The number of carboxylic acid groups (broad SMARTS) is 2. The monoisotopic (exact) mass is 937 g/mol. The number of anilines is 1. The van der Waals surface area contributed by atoms with Crippen LogP contribution < -0.4 is 32.0 Å². The third-order valence-electron chi connectivity index (χ3n) is 9.91. The SMILES string of the molecule is O=CO[C@H](CCC(=O)NCCCC(=O)CC[C@H](NC(=O)N[C@@H](CCC(=O)O)OC=O)C(=O)O)CC(=O)CCCNC(=S)Nc1ccc(-c2c3ccc(=O)cc-3oc3cc(O)c(F)cc23)cc1. The summed E-state index contributed by atoms with van der Waals surface area (Å²) >= 11 is 5.41.